The fourth-order valence-corrected chi connectivity index (χ4v) is 3.24. The molecule has 1 aromatic carbocycles. The molecule has 3 aliphatic rings. The zero-order valence-corrected chi connectivity index (χ0v) is 11.7. The molecule has 0 radical (unpaired) electrons. The third-order valence-electron chi connectivity index (χ3n) is 4.15. The Hall–Kier alpha value is -1.19. The van der Waals surface area contributed by atoms with Crippen molar-refractivity contribution in [1.82, 2.24) is 4.90 Å². The summed E-state index contributed by atoms with van der Waals surface area (Å²) < 4.78 is 5.35. The van der Waals surface area contributed by atoms with Gasteiger partial charge in [0, 0.05) is 29.4 Å². The second kappa shape index (κ2) is 5.06. The molecule has 3 heterocycles. The topological polar surface area (TPSA) is 32.7 Å². The van der Waals surface area contributed by atoms with Crippen LogP contribution < -0.4 is 4.74 Å². The monoisotopic (exact) mass is 279 g/mol. The molecule has 3 nitrogen and oxygen atoms in total. The smallest absolute Gasteiger partial charge is 0.126 e. The summed E-state index contributed by atoms with van der Waals surface area (Å²) >= 11 is 6.05. The summed E-state index contributed by atoms with van der Waals surface area (Å²) in [7, 11) is 1.65. The molecule has 3 aliphatic heterocycles. The molecular formula is C15H18ClNO2. The number of nitrogens with zero attached hydrogens (tertiary/aromatic N) is 1. The molecule has 0 saturated carbocycles. The largest absolute Gasteiger partial charge is 0.496 e. The van der Waals surface area contributed by atoms with Gasteiger partial charge >= 0.3 is 0 Å². The van der Waals surface area contributed by atoms with Crippen LogP contribution in [-0.2, 0) is 0 Å². The van der Waals surface area contributed by atoms with Crippen molar-refractivity contribution >= 4 is 17.7 Å². The first kappa shape index (κ1) is 12.8. The number of piperidine rings is 3. The summed E-state index contributed by atoms with van der Waals surface area (Å²) in [6, 6.07) is 5.55. The number of halogens is 1. The molecule has 1 aromatic rings. The number of rotatable bonds is 2. The highest BCUT2D eigenvalue weighted by molar-refractivity contribution is 6.30. The van der Waals surface area contributed by atoms with Gasteiger partial charge < -0.3 is 14.7 Å². The second-order valence-corrected chi connectivity index (χ2v) is 5.66. The maximum absolute atomic E-state index is 10.4. The molecule has 4 rings (SSSR count). The van der Waals surface area contributed by atoms with Crippen molar-refractivity contribution in [1.29, 1.82) is 0 Å². The third kappa shape index (κ3) is 2.33. The molecule has 0 spiro atoms. The van der Waals surface area contributed by atoms with Crippen molar-refractivity contribution in [3.05, 3.63) is 34.5 Å². The van der Waals surface area contributed by atoms with Crippen LogP contribution in [0.3, 0.4) is 0 Å². The van der Waals surface area contributed by atoms with Crippen LogP contribution in [0.5, 0.6) is 5.75 Å². The van der Waals surface area contributed by atoms with E-state index >= 15 is 0 Å². The number of aliphatic hydroxyl groups is 1. The molecule has 19 heavy (non-hydrogen) atoms. The van der Waals surface area contributed by atoms with Gasteiger partial charge in [-0.3, -0.25) is 0 Å². The molecule has 1 atom stereocenters. The van der Waals surface area contributed by atoms with E-state index in [0.717, 1.165) is 42.9 Å². The Kier molecular flexibility index (Phi) is 3.42. The van der Waals surface area contributed by atoms with E-state index in [4.69, 9.17) is 16.3 Å². The van der Waals surface area contributed by atoms with Gasteiger partial charge in [-0.2, -0.15) is 0 Å². The standard InChI is InChI=1S/C15H18ClNO2/c1-19-14-3-2-12(16)8-11(14)9-13-15(18)10-4-6-17(13)7-5-10/h2-3,8-10,15,18H,4-7H2,1H3/b13-9-/t15-/m0/s1. The van der Waals surface area contributed by atoms with E-state index in [9.17, 15) is 5.11 Å². The van der Waals surface area contributed by atoms with E-state index in [2.05, 4.69) is 4.90 Å². The summed E-state index contributed by atoms with van der Waals surface area (Å²) in [4.78, 5) is 2.27. The predicted molar refractivity (Wildman–Crippen MR) is 76.3 cm³/mol. The molecule has 1 N–H and O–H groups in total. The molecule has 4 heteroatoms. The number of benzene rings is 1. The molecule has 0 unspecified atom stereocenters. The van der Waals surface area contributed by atoms with Gasteiger partial charge in [-0.25, -0.2) is 0 Å². The summed E-state index contributed by atoms with van der Waals surface area (Å²) in [5.41, 5.74) is 1.93. The minimum atomic E-state index is -0.355. The molecule has 3 saturated heterocycles. The van der Waals surface area contributed by atoms with E-state index in [-0.39, 0.29) is 6.10 Å². The van der Waals surface area contributed by atoms with Gasteiger partial charge in [-0.1, -0.05) is 11.6 Å². The van der Waals surface area contributed by atoms with Crippen LogP contribution >= 0.6 is 11.6 Å². The van der Waals surface area contributed by atoms with Crippen molar-refractivity contribution in [3.63, 3.8) is 0 Å². The normalized spacial score (nSPS) is 27.9. The van der Waals surface area contributed by atoms with Crippen LogP contribution in [0.15, 0.2) is 23.9 Å². The highest BCUT2D eigenvalue weighted by Crippen LogP contribution is 2.37. The molecule has 2 bridgehead atoms. The van der Waals surface area contributed by atoms with Crippen LogP contribution in [0, 0.1) is 5.92 Å². The molecular weight excluding hydrogens is 262 g/mol. The third-order valence-corrected chi connectivity index (χ3v) is 4.38. The van der Waals surface area contributed by atoms with Gasteiger partial charge in [-0.05, 0) is 43.0 Å². The fourth-order valence-electron chi connectivity index (χ4n) is 3.06. The van der Waals surface area contributed by atoms with Crippen molar-refractivity contribution in [2.75, 3.05) is 20.2 Å². The zero-order chi connectivity index (χ0) is 13.4. The Labute approximate surface area is 118 Å². The predicted octanol–water partition coefficient (Wildman–Crippen LogP) is 2.78. The number of methoxy groups -OCH3 is 1. The summed E-state index contributed by atoms with van der Waals surface area (Å²) in [6.07, 6.45) is 3.84. The van der Waals surface area contributed by atoms with Crippen LogP contribution in [0.2, 0.25) is 5.02 Å². The van der Waals surface area contributed by atoms with E-state index in [1.54, 1.807) is 7.11 Å². The lowest BCUT2D eigenvalue weighted by Gasteiger charge is -2.46. The van der Waals surface area contributed by atoms with Crippen molar-refractivity contribution in [2.45, 2.75) is 18.9 Å². The Bertz CT molecular complexity index is 503. The van der Waals surface area contributed by atoms with Crippen LogP contribution in [0.4, 0.5) is 0 Å². The lowest BCUT2D eigenvalue weighted by atomic mass is 9.83. The molecule has 102 valence electrons. The Balaban J connectivity index is 1.99. The molecule has 3 fully saturated rings. The lowest BCUT2D eigenvalue weighted by molar-refractivity contribution is 0.0215. The SMILES string of the molecule is COc1ccc(Cl)cc1/C=C1/[C@@H](O)C2CCN1CC2. The number of fused-ring (bicyclic) bond motifs is 3. The maximum Gasteiger partial charge on any atom is 0.126 e. The van der Waals surface area contributed by atoms with Gasteiger partial charge in [0.2, 0.25) is 0 Å². The van der Waals surface area contributed by atoms with E-state index in [0.29, 0.717) is 10.9 Å². The van der Waals surface area contributed by atoms with Gasteiger partial charge in [0.05, 0.1) is 13.2 Å². The van der Waals surface area contributed by atoms with Gasteiger partial charge in [0.15, 0.2) is 0 Å². The van der Waals surface area contributed by atoms with Crippen LogP contribution in [0.1, 0.15) is 18.4 Å². The van der Waals surface area contributed by atoms with Gasteiger partial charge in [0.25, 0.3) is 0 Å². The molecule has 0 aliphatic carbocycles. The molecule has 0 aromatic heterocycles. The minimum Gasteiger partial charge on any atom is -0.496 e. The van der Waals surface area contributed by atoms with E-state index in [1.807, 2.05) is 24.3 Å². The minimum absolute atomic E-state index is 0.355. The van der Waals surface area contributed by atoms with Crippen LogP contribution in [-0.4, -0.2) is 36.3 Å². The number of ether oxygens (including phenoxy) is 1. The summed E-state index contributed by atoms with van der Waals surface area (Å²) in [5, 5.41) is 11.0. The average Bonchev–Trinajstić information content (AvgIpc) is 2.43. The maximum atomic E-state index is 10.4. The Morgan fingerprint density at radius 1 is 1.37 bits per heavy atom. The highest BCUT2D eigenvalue weighted by Gasteiger charge is 2.36. The van der Waals surface area contributed by atoms with Crippen molar-refractivity contribution in [3.8, 4) is 5.75 Å². The van der Waals surface area contributed by atoms with E-state index in [1.165, 1.54) is 0 Å². The number of hydrogen-bond acceptors (Lipinski definition) is 3. The Morgan fingerprint density at radius 2 is 2.11 bits per heavy atom. The number of aliphatic hydroxyl groups excluding tert-OH is 1. The van der Waals surface area contributed by atoms with Crippen molar-refractivity contribution < 1.29 is 9.84 Å². The summed E-state index contributed by atoms with van der Waals surface area (Å²) in [5.74, 6) is 1.19. The van der Waals surface area contributed by atoms with Crippen LogP contribution in [0.25, 0.3) is 6.08 Å². The second-order valence-electron chi connectivity index (χ2n) is 5.22. The van der Waals surface area contributed by atoms with Gasteiger partial charge in [-0.15, -0.1) is 0 Å². The first-order valence-electron chi connectivity index (χ1n) is 6.67. The summed E-state index contributed by atoms with van der Waals surface area (Å²) in [6.45, 7) is 2.08. The average molecular weight is 280 g/mol. The zero-order valence-electron chi connectivity index (χ0n) is 11.0. The quantitative estimate of drug-likeness (QED) is 0.904. The lowest BCUT2D eigenvalue weighted by Crippen LogP contribution is -2.48. The van der Waals surface area contributed by atoms with Gasteiger partial charge in [0.1, 0.15) is 5.75 Å². The highest BCUT2D eigenvalue weighted by atomic mass is 35.5. The van der Waals surface area contributed by atoms with E-state index < -0.39 is 0 Å². The Morgan fingerprint density at radius 3 is 2.74 bits per heavy atom. The first-order chi connectivity index (χ1) is 9.19. The van der Waals surface area contributed by atoms with Crippen molar-refractivity contribution in [2.24, 2.45) is 5.92 Å². The number of hydrogen-bond donors (Lipinski definition) is 1. The molecule has 0 amide bonds. The first-order valence-corrected chi connectivity index (χ1v) is 7.05. The fraction of sp³-hybridized carbons (Fsp3) is 0.467.